The molecule has 13 heavy (non-hydrogen) atoms. The fraction of sp³-hybridized carbons (Fsp3) is 0.900. The van der Waals surface area contributed by atoms with Gasteiger partial charge in [-0.15, -0.1) is 0 Å². The summed E-state index contributed by atoms with van der Waals surface area (Å²) >= 11 is 3.41. The van der Waals surface area contributed by atoms with Crippen molar-refractivity contribution in [1.29, 1.82) is 0 Å². The van der Waals surface area contributed by atoms with Gasteiger partial charge in [-0.1, -0.05) is 35.7 Å². The average Bonchev–Trinajstić information content (AvgIpc) is 2.00. The first-order valence-corrected chi connectivity index (χ1v) is 5.59. The minimum absolute atomic E-state index is 0.0824. The number of hydrogen-bond donors (Lipinski definition) is 0. The molecule has 0 fully saturated rings. The molecule has 0 aliphatic rings. The molecular formula is C10H19BrO2. The number of carbonyl (C=O) groups excluding carboxylic acids is 1. The van der Waals surface area contributed by atoms with E-state index in [1.165, 1.54) is 0 Å². The lowest BCUT2D eigenvalue weighted by Crippen LogP contribution is -2.21. The van der Waals surface area contributed by atoms with E-state index >= 15 is 0 Å². The number of unbranched alkanes of at least 4 members (excludes halogenated alkanes) is 2. The van der Waals surface area contributed by atoms with Gasteiger partial charge < -0.3 is 4.74 Å². The van der Waals surface area contributed by atoms with Crippen molar-refractivity contribution in [3.63, 3.8) is 0 Å². The molecule has 0 aromatic carbocycles. The minimum atomic E-state index is -0.104. The molecule has 0 N–H and O–H groups in total. The topological polar surface area (TPSA) is 26.3 Å². The largest absolute Gasteiger partial charge is 0.464 e. The van der Waals surface area contributed by atoms with Gasteiger partial charge in [0.25, 0.3) is 0 Å². The van der Waals surface area contributed by atoms with Crippen LogP contribution in [0.2, 0.25) is 0 Å². The van der Waals surface area contributed by atoms with Crippen molar-refractivity contribution in [2.45, 2.75) is 50.8 Å². The van der Waals surface area contributed by atoms with Crippen molar-refractivity contribution in [2.24, 2.45) is 0 Å². The number of alkyl halides is 1. The number of carbonyl (C=O) groups is 1. The Bertz CT molecular complexity index is 149. The Hall–Kier alpha value is -0.0500. The minimum Gasteiger partial charge on any atom is -0.464 e. The van der Waals surface area contributed by atoms with Crippen LogP contribution >= 0.6 is 15.9 Å². The number of rotatable bonds is 6. The first-order valence-electron chi connectivity index (χ1n) is 4.80. The van der Waals surface area contributed by atoms with E-state index in [1.54, 1.807) is 0 Å². The summed E-state index contributed by atoms with van der Waals surface area (Å²) in [4.78, 5) is 11.1. The molecule has 0 spiro atoms. The summed E-state index contributed by atoms with van der Waals surface area (Å²) in [7, 11) is 0. The molecular weight excluding hydrogens is 232 g/mol. The number of esters is 1. The molecule has 0 bridgehead atoms. The van der Waals surface area contributed by atoms with Crippen molar-refractivity contribution >= 4 is 21.9 Å². The molecule has 2 nitrogen and oxygen atoms in total. The molecule has 0 rings (SSSR count). The van der Waals surface area contributed by atoms with Gasteiger partial charge in [0.15, 0.2) is 0 Å². The van der Waals surface area contributed by atoms with Crippen LogP contribution in [-0.4, -0.2) is 16.9 Å². The van der Waals surface area contributed by atoms with Gasteiger partial charge in [0.05, 0.1) is 4.32 Å². The maximum absolute atomic E-state index is 11.1. The zero-order chi connectivity index (χ0) is 10.3. The molecule has 0 atom stereocenters. The first kappa shape index (κ1) is 12.9. The van der Waals surface area contributed by atoms with Crippen LogP contribution in [-0.2, 0) is 9.53 Å². The van der Waals surface area contributed by atoms with E-state index in [-0.39, 0.29) is 10.3 Å². The van der Waals surface area contributed by atoms with Crippen molar-refractivity contribution in [1.82, 2.24) is 0 Å². The SMILES string of the molecule is CCCCCC(=O)OCC(C)(C)Br. The molecule has 78 valence electrons. The molecule has 0 aliphatic carbocycles. The molecule has 0 heterocycles. The van der Waals surface area contributed by atoms with Crippen molar-refractivity contribution < 1.29 is 9.53 Å². The van der Waals surface area contributed by atoms with Crippen LogP contribution < -0.4 is 0 Å². The Labute approximate surface area is 89.2 Å². The maximum Gasteiger partial charge on any atom is 0.305 e. The monoisotopic (exact) mass is 250 g/mol. The summed E-state index contributed by atoms with van der Waals surface area (Å²) < 4.78 is 4.96. The third-order valence-electron chi connectivity index (χ3n) is 1.56. The number of hydrogen-bond acceptors (Lipinski definition) is 2. The summed E-state index contributed by atoms with van der Waals surface area (Å²) in [6, 6.07) is 0. The lowest BCUT2D eigenvalue weighted by atomic mass is 10.2. The van der Waals surface area contributed by atoms with Crippen LogP contribution in [0.5, 0.6) is 0 Å². The highest BCUT2D eigenvalue weighted by Gasteiger charge is 2.15. The van der Waals surface area contributed by atoms with E-state index in [0.717, 1.165) is 19.3 Å². The molecule has 0 radical (unpaired) electrons. The van der Waals surface area contributed by atoms with Crippen LogP contribution in [0.15, 0.2) is 0 Å². The molecule has 0 amide bonds. The highest BCUT2D eigenvalue weighted by atomic mass is 79.9. The lowest BCUT2D eigenvalue weighted by Gasteiger charge is -2.15. The second kappa shape index (κ2) is 6.41. The lowest BCUT2D eigenvalue weighted by molar-refractivity contribution is -0.144. The Morgan fingerprint density at radius 2 is 2.00 bits per heavy atom. The predicted molar refractivity (Wildman–Crippen MR) is 58.1 cm³/mol. The van der Waals surface area contributed by atoms with E-state index in [0.29, 0.717) is 13.0 Å². The Kier molecular flexibility index (Phi) is 6.39. The molecule has 3 heteroatoms. The zero-order valence-corrected chi connectivity index (χ0v) is 10.3. The van der Waals surface area contributed by atoms with Gasteiger partial charge in [-0.25, -0.2) is 0 Å². The molecule has 0 unspecified atom stereocenters. The molecule has 0 aliphatic heterocycles. The average molecular weight is 251 g/mol. The maximum atomic E-state index is 11.1. The summed E-state index contributed by atoms with van der Waals surface area (Å²) in [6.45, 7) is 6.52. The third kappa shape index (κ3) is 9.87. The third-order valence-corrected chi connectivity index (χ3v) is 1.79. The van der Waals surface area contributed by atoms with Gasteiger partial charge in [0.2, 0.25) is 0 Å². The fourth-order valence-electron chi connectivity index (χ4n) is 0.844. The van der Waals surface area contributed by atoms with Gasteiger partial charge in [0, 0.05) is 6.42 Å². The molecule has 0 aromatic heterocycles. The summed E-state index contributed by atoms with van der Waals surface area (Å²) in [5, 5.41) is 0. The van der Waals surface area contributed by atoms with E-state index in [9.17, 15) is 4.79 Å². The van der Waals surface area contributed by atoms with Gasteiger partial charge in [-0.05, 0) is 20.3 Å². The van der Waals surface area contributed by atoms with Gasteiger partial charge in [-0.3, -0.25) is 4.79 Å². The zero-order valence-electron chi connectivity index (χ0n) is 8.73. The Balaban J connectivity index is 3.41. The highest BCUT2D eigenvalue weighted by Crippen LogP contribution is 2.16. The second-order valence-corrected chi connectivity index (χ2v) is 5.98. The predicted octanol–water partition coefficient (Wildman–Crippen LogP) is 3.28. The van der Waals surface area contributed by atoms with E-state index in [2.05, 4.69) is 22.9 Å². The van der Waals surface area contributed by atoms with Crippen molar-refractivity contribution in [3.05, 3.63) is 0 Å². The van der Waals surface area contributed by atoms with Crippen molar-refractivity contribution in [2.75, 3.05) is 6.61 Å². The van der Waals surface area contributed by atoms with Gasteiger partial charge in [-0.2, -0.15) is 0 Å². The number of halogens is 1. The van der Waals surface area contributed by atoms with Crippen LogP contribution in [0.4, 0.5) is 0 Å². The smallest absolute Gasteiger partial charge is 0.305 e. The fourth-order valence-corrected chi connectivity index (χ4v) is 0.958. The standard InChI is InChI=1S/C10H19BrO2/c1-4-5-6-7-9(12)13-8-10(2,3)11/h4-8H2,1-3H3. The van der Waals surface area contributed by atoms with Crippen molar-refractivity contribution in [3.8, 4) is 0 Å². The van der Waals surface area contributed by atoms with Gasteiger partial charge >= 0.3 is 5.97 Å². The Morgan fingerprint density at radius 3 is 2.46 bits per heavy atom. The molecule has 0 saturated heterocycles. The van der Waals surface area contributed by atoms with E-state index < -0.39 is 0 Å². The first-order chi connectivity index (χ1) is 5.95. The summed E-state index contributed by atoms with van der Waals surface area (Å²) in [5.41, 5.74) is 0. The van der Waals surface area contributed by atoms with Crippen LogP contribution in [0, 0.1) is 0 Å². The normalized spacial score (nSPS) is 11.4. The number of ether oxygens (including phenoxy) is 1. The van der Waals surface area contributed by atoms with Crippen LogP contribution in [0.25, 0.3) is 0 Å². The van der Waals surface area contributed by atoms with Gasteiger partial charge in [0.1, 0.15) is 6.61 Å². The summed E-state index contributed by atoms with van der Waals surface area (Å²) in [6.07, 6.45) is 3.74. The van der Waals surface area contributed by atoms with E-state index in [1.807, 2.05) is 13.8 Å². The quantitative estimate of drug-likeness (QED) is 0.411. The summed E-state index contributed by atoms with van der Waals surface area (Å²) in [5.74, 6) is -0.0824. The highest BCUT2D eigenvalue weighted by molar-refractivity contribution is 9.10. The Morgan fingerprint density at radius 1 is 1.38 bits per heavy atom. The van der Waals surface area contributed by atoms with E-state index in [4.69, 9.17) is 4.74 Å². The second-order valence-electron chi connectivity index (χ2n) is 3.84. The van der Waals surface area contributed by atoms with Crippen LogP contribution in [0.1, 0.15) is 46.5 Å². The van der Waals surface area contributed by atoms with Crippen LogP contribution in [0.3, 0.4) is 0 Å². The molecule has 0 saturated carbocycles. The molecule has 0 aromatic rings.